The molecule has 2 aromatic heterocycles. The van der Waals surface area contributed by atoms with Crippen molar-refractivity contribution in [2.24, 2.45) is 19.2 Å². The molecule has 0 radical (unpaired) electrons. The second-order valence-electron chi connectivity index (χ2n) is 18.1. The summed E-state index contributed by atoms with van der Waals surface area (Å²) in [6, 6.07) is 7.05. The third kappa shape index (κ3) is 8.13. The number of anilines is 1. The van der Waals surface area contributed by atoms with Crippen LogP contribution in [0.15, 0.2) is 34.3 Å². The van der Waals surface area contributed by atoms with Gasteiger partial charge in [-0.1, -0.05) is 12.1 Å². The van der Waals surface area contributed by atoms with Crippen LogP contribution in [0.1, 0.15) is 107 Å². The fourth-order valence-electron chi connectivity index (χ4n) is 10.3. The molecule has 0 bridgehead atoms. The number of amides is 2. The fraction of sp³-hybridized carbons (Fsp3) is 0.545. The molecule has 18 heteroatoms. The smallest absolute Gasteiger partial charge is 0.333 e. The van der Waals surface area contributed by atoms with Gasteiger partial charge in [0.25, 0.3) is 26.3 Å². The van der Waals surface area contributed by atoms with E-state index in [2.05, 4.69) is 42.2 Å². The van der Waals surface area contributed by atoms with Crippen molar-refractivity contribution in [1.29, 1.82) is 5.26 Å². The van der Waals surface area contributed by atoms with Crippen molar-refractivity contribution in [3.63, 3.8) is 0 Å². The second kappa shape index (κ2) is 16.4. The molecule has 2 amide bonds. The molecule has 2 fully saturated rings. The number of hydrogen-bond acceptors (Lipinski definition) is 11. The van der Waals surface area contributed by atoms with Crippen LogP contribution in [0.2, 0.25) is 0 Å². The Kier molecular flexibility index (Phi) is 11.6. The average molecular weight is 887 g/mol. The van der Waals surface area contributed by atoms with Crippen LogP contribution in [0.5, 0.6) is 5.75 Å². The second-order valence-corrected chi connectivity index (χ2v) is 21.2. The molecule has 0 atom stereocenters. The minimum absolute atomic E-state index is 0.0573. The van der Waals surface area contributed by atoms with Gasteiger partial charge < -0.3 is 10.1 Å². The summed E-state index contributed by atoms with van der Waals surface area (Å²) in [6.45, 7) is 0. The zero-order valence-electron chi connectivity index (χ0n) is 36.6. The summed E-state index contributed by atoms with van der Waals surface area (Å²) in [7, 11) is 3.63. The first kappa shape index (κ1) is 43.8. The molecule has 0 unspecified atom stereocenters. The summed E-state index contributed by atoms with van der Waals surface area (Å²) in [6.07, 6.45) is 18.7. The number of nitrogens with one attached hydrogen (secondary N) is 2. The number of carbonyl (C=O) groups is 1. The Labute approximate surface area is 364 Å². The van der Waals surface area contributed by atoms with E-state index in [1.165, 1.54) is 46.2 Å². The Morgan fingerprint density at radius 3 is 1.48 bits per heavy atom. The maximum atomic E-state index is 12.9. The van der Waals surface area contributed by atoms with E-state index in [4.69, 9.17) is 15.1 Å². The van der Waals surface area contributed by atoms with Gasteiger partial charge in [0.05, 0.1) is 22.5 Å². The molecule has 2 saturated carbocycles. The first-order valence-electron chi connectivity index (χ1n) is 21.6. The molecule has 2 heterocycles. The Bertz CT molecular complexity index is 2640. The number of rotatable bonds is 9. The summed E-state index contributed by atoms with van der Waals surface area (Å²) >= 11 is 0. The number of aryl methyl sites for hydroxylation is 6. The number of fused-ring (bicyclic) bond motifs is 4. The van der Waals surface area contributed by atoms with Crippen LogP contribution < -0.4 is 19.9 Å². The SMILES string of the molecule is CN(C)C1(c2cc(S(=O)(=O)NC(=O)Nc3c4c(cc5c3CCC5)CCC4)nn2C)CC1.CN(C)C1(c2cc(S(N)(=O)=O)nn2C)CC1.N#COc1c2c(cc3c1CCC3)CCC2. The van der Waals surface area contributed by atoms with E-state index in [-0.39, 0.29) is 21.1 Å². The van der Waals surface area contributed by atoms with E-state index >= 15 is 0 Å². The van der Waals surface area contributed by atoms with Crippen LogP contribution in [-0.2, 0) is 96.6 Å². The normalized spacial score (nSPS) is 18.4. The lowest BCUT2D eigenvalue weighted by atomic mass is 9.99. The van der Waals surface area contributed by atoms with E-state index in [1.807, 2.05) is 34.4 Å². The number of nitrogens with two attached hydrogens (primary N) is 1. The molecule has 332 valence electrons. The first-order valence-corrected chi connectivity index (χ1v) is 24.6. The Balaban J connectivity index is 0.000000143. The minimum Gasteiger partial charge on any atom is -0.387 e. The largest absolute Gasteiger partial charge is 0.387 e. The zero-order valence-corrected chi connectivity index (χ0v) is 38.2. The predicted molar refractivity (Wildman–Crippen MR) is 234 cm³/mol. The highest BCUT2D eigenvalue weighted by atomic mass is 32.2. The summed E-state index contributed by atoms with van der Waals surface area (Å²) in [4.78, 5) is 17.0. The average Bonchev–Trinajstić information content (AvgIpc) is 3.63. The summed E-state index contributed by atoms with van der Waals surface area (Å²) < 4.78 is 58.8. The van der Waals surface area contributed by atoms with Crippen LogP contribution >= 0.6 is 0 Å². The van der Waals surface area contributed by atoms with Crippen molar-refractivity contribution in [2.75, 3.05) is 33.5 Å². The zero-order chi connectivity index (χ0) is 44.4. The number of hydrogen-bond donors (Lipinski definition) is 3. The molecule has 4 N–H and O–H groups in total. The van der Waals surface area contributed by atoms with Crippen molar-refractivity contribution in [2.45, 2.75) is 124 Å². The quantitative estimate of drug-likeness (QED) is 0.198. The highest BCUT2D eigenvalue weighted by molar-refractivity contribution is 7.90. The van der Waals surface area contributed by atoms with Crippen LogP contribution in [0, 0.1) is 11.5 Å². The predicted octanol–water partition coefficient (Wildman–Crippen LogP) is 4.60. The number of aromatic nitrogens is 4. The number of nitrogens with zero attached hydrogens (tertiary/aromatic N) is 7. The molecule has 6 aliphatic rings. The molecular formula is C44H58N10O6S2. The molecule has 62 heavy (non-hydrogen) atoms. The lowest BCUT2D eigenvalue weighted by Gasteiger charge is -2.23. The van der Waals surface area contributed by atoms with Crippen molar-refractivity contribution >= 4 is 31.8 Å². The number of carbonyl (C=O) groups excluding carboxylic acids is 1. The summed E-state index contributed by atoms with van der Waals surface area (Å²) in [5.41, 5.74) is 12.7. The Morgan fingerprint density at radius 1 is 0.694 bits per heavy atom. The van der Waals surface area contributed by atoms with E-state index < -0.39 is 26.1 Å². The number of ether oxygens (including phenoxy) is 1. The van der Waals surface area contributed by atoms with Gasteiger partial charge in [-0.25, -0.2) is 23.1 Å². The number of sulfonamides is 2. The van der Waals surface area contributed by atoms with Gasteiger partial charge in [0.1, 0.15) is 5.75 Å². The molecule has 6 aliphatic carbocycles. The van der Waals surface area contributed by atoms with Crippen LogP contribution in [0.4, 0.5) is 10.5 Å². The van der Waals surface area contributed by atoms with Crippen molar-refractivity contribution in [1.82, 2.24) is 34.1 Å². The van der Waals surface area contributed by atoms with Gasteiger partial charge in [-0.05, 0) is 175 Å². The van der Waals surface area contributed by atoms with Crippen molar-refractivity contribution < 1.29 is 26.4 Å². The lowest BCUT2D eigenvalue weighted by molar-refractivity contribution is 0.256. The monoisotopic (exact) mass is 886 g/mol. The fourth-order valence-corrected chi connectivity index (χ4v) is 11.7. The van der Waals surface area contributed by atoms with Gasteiger partial charge in [-0.2, -0.15) is 18.6 Å². The van der Waals surface area contributed by atoms with Gasteiger partial charge in [-0.15, -0.1) is 5.26 Å². The van der Waals surface area contributed by atoms with Gasteiger partial charge in [0.2, 0.25) is 0 Å². The van der Waals surface area contributed by atoms with Gasteiger partial charge >= 0.3 is 6.03 Å². The third-order valence-electron chi connectivity index (χ3n) is 13.9. The van der Waals surface area contributed by atoms with Gasteiger partial charge in [0, 0.05) is 31.9 Å². The van der Waals surface area contributed by atoms with E-state index in [0.717, 1.165) is 124 Å². The Morgan fingerprint density at radius 2 is 1.10 bits per heavy atom. The highest BCUT2D eigenvalue weighted by Crippen LogP contribution is 2.51. The third-order valence-corrected chi connectivity index (χ3v) is 15.9. The van der Waals surface area contributed by atoms with Crippen LogP contribution in [-0.4, -0.2) is 80.4 Å². The number of nitriles is 1. The van der Waals surface area contributed by atoms with Gasteiger partial charge in [0.15, 0.2) is 10.1 Å². The molecule has 10 rings (SSSR count). The molecule has 4 aromatic rings. The van der Waals surface area contributed by atoms with Crippen molar-refractivity contribution in [3.05, 3.63) is 80.2 Å². The summed E-state index contributed by atoms with van der Waals surface area (Å²) in [5, 5.41) is 24.6. The minimum atomic E-state index is -4.08. The molecule has 0 spiro atoms. The Hall–Kier alpha value is -4.80. The number of primary sulfonamides is 1. The molecule has 16 nitrogen and oxygen atoms in total. The maximum Gasteiger partial charge on any atom is 0.333 e. The van der Waals surface area contributed by atoms with E-state index in [0.29, 0.717) is 0 Å². The molecular weight excluding hydrogens is 829 g/mol. The van der Waals surface area contributed by atoms with Crippen molar-refractivity contribution in [3.8, 4) is 12.0 Å². The number of benzene rings is 2. The lowest BCUT2D eigenvalue weighted by Crippen LogP contribution is -2.35. The summed E-state index contributed by atoms with van der Waals surface area (Å²) in [5.74, 6) is 0.903. The number of urea groups is 1. The maximum absolute atomic E-state index is 12.9. The molecule has 0 aliphatic heterocycles. The highest BCUT2D eigenvalue weighted by Gasteiger charge is 2.50. The van der Waals surface area contributed by atoms with Crippen LogP contribution in [0.3, 0.4) is 0 Å². The molecule has 2 aromatic carbocycles. The van der Waals surface area contributed by atoms with Gasteiger partial charge in [-0.3, -0.25) is 19.2 Å². The van der Waals surface area contributed by atoms with E-state index in [9.17, 15) is 21.6 Å². The van der Waals surface area contributed by atoms with Crippen LogP contribution in [0.25, 0.3) is 0 Å². The molecule has 0 saturated heterocycles. The standard InChI is InChI=1S/C22H29N5O3S.C13H13NO.C9H16N4O2S/c1-26(2)22(10-11-22)18-13-19(24-27(18)3)31(29,30)25-21(28)23-20-16-8-4-6-14(16)12-15-7-5-9-17(15)20;14-8-15-13-11-5-1-3-9(11)7-10-4-2-6-12(10)13;1-12(2)9(4-5-9)7-6-8(11-13(7)3)16(10,14)15/h12-13H,4-11H2,1-3H3,(H2,23,25,28);7H,1-6H2;6H,4-5H2,1-3H3,(H2,10,14,15). The topological polar surface area (TPSA) is 211 Å². The first-order chi connectivity index (χ1) is 29.4. The van der Waals surface area contributed by atoms with E-state index in [1.54, 1.807) is 35.6 Å².